The van der Waals surface area contributed by atoms with Crippen LogP contribution in [0.2, 0.25) is 0 Å². The molecule has 4 nitrogen and oxygen atoms in total. The number of carbonyl (C=O) groups is 1. The van der Waals surface area contributed by atoms with Crippen molar-refractivity contribution in [3.8, 4) is 5.75 Å². The predicted octanol–water partition coefficient (Wildman–Crippen LogP) is 4.19. The highest BCUT2D eigenvalue weighted by atomic mass is 16.5. The lowest BCUT2D eigenvalue weighted by Crippen LogP contribution is -2.43. The van der Waals surface area contributed by atoms with Gasteiger partial charge in [0.2, 0.25) is 5.91 Å². The number of methoxy groups -OCH3 is 1. The van der Waals surface area contributed by atoms with Crippen molar-refractivity contribution in [2.24, 2.45) is 5.92 Å². The fraction of sp³-hybridized carbons (Fsp3) is 0.348. The molecule has 2 aliphatic heterocycles. The van der Waals surface area contributed by atoms with Crippen molar-refractivity contribution < 1.29 is 9.53 Å². The average Bonchev–Trinajstić information content (AvgIpc) is 3.24. The summed E-state index contributed by atoms with van der Waals surface area (Å²) in [6.07, 6.45) is 3.63. The number of rotatable bonds is 2. The van der Waals surface area contributed by atoms with E-state index in [0.717, 1.165) is 23.4 Å². The van der Waals surface area contributed by atoms with E-state index in [1.165, 1.54) is 11.1 Å². The number of fused-ring (bicyclic) bond motifs is 5. The third kappa shape index (κ3) is 2.29. The second-order valence-corrected chi connectivity index (χ2v) is 8.30. The molecule has 2 atom stereocenters. The van der Waals surface area contributed by atoms with Crippen LogP contribution in [0.5, 0.6) is 5.75 Å². The maximum atomic E-state index is 13.0. The van der Waals surface area contributed by atoms with Crippen LogP contribution >= 0.6 is 0 Å². The number of hydrogen-bond acceptors (Lipinski definition) is 3. The third-order valence-electron chi connectivity index (χ3n) is 6.17. The minimum Gasteiger partial charge on any atom is -0.496 e. The third-order valence-corrected chi connectivity index (χ3v) is 6.17. The van der Waals surface area contributed by atoms with Crippen LogP contribution < -0.4 is 4.74 Å². The van der Waals surface area contributed by atoms with Crippen molar-refractivity contribution in [2.45, 2.75) is 38.3 Å². The van der Waals surface area contributed by atoms with Gasteiger partial charge in [0.05, 0.1) is 13.2 Å². The number of hydrogen-bond donors (Lipinski definition) is 0. The zero-order valence-electron chi connectivity index (χ0n) is 16.0. The first-order valence-electron chi connectivity index (χ1n) is 9.56. The second-order valence-electron chi connectivity index (χ2n) is 8.30. The molecule has 3 aliphatic rings. The Kier molecular flexibility index (Phi) is 3.50. The van der Waals surface area contributed by atoms with Crippen LogP contribution in [0.15, 0.2) is 54.2 Å². The van der Waals surface area contributed by atoms with Crippen molar-refractivity contribution in [2.75, 3.05) is 7.11 Å². The molecule has 0 radical (unpaired) electrons. The number of amides is 1. The molecule has 1 aliphatic carbocycles. The van der Waals surface area contributed by atoms with Gasteiger partial charge in [-0.05, 0) is 49.1 Å². The molecule has 2 heterocycles. The maximum Gasteiger partial charge on any atom is 0.243 e. The molecule has 2 unspecified atom stereocenters. The summed E-state index contributed by atoms with van der Waals surface area (Å²) >= 11 is 0. The van der Waals surface area contributed by atoms with E-state index in [0.29, 0.717) is 6.42 Å². The Morgan fingerprint density at radius 2 is 1.89 bits per heavy atom. The van der Waals surface area contributed by atoms with E-state index >= 15 is 0 Å². The van der Waals surface area contributed by atoms with Crippen LogP contribution in [0.3, 0.4) is 0 Å². The first-order chi connectivity index (χ1) is 13.0. The Morgan fingerprint density at radius 3 is 2.63 bits per heavy atom. The van der Waals surface area contributed by atoms with Gasteiger partial charge < -0.3 is 4.74 Å². The van der Waals surface area contributed by atoms with Crippen molar-refractivity contribution >= 4 is 12.0 Å². The smallest absolute Gasteiger partial charge is 0.243 e. The minimum absolute atomic E-state index is 0.187. The Bertz CT molecular complexity index is 948. The lowest BCUT2D eigenvalue weighted by molar-refractivity contribution is -0.134. The van der Waals surface area contributed by atoms with Crippen LogP contribution in [-0.4, -0.2) is 28.6 Å². The monoisotopic (exact) mass is 360 g/mol. The van der Waals surface area contributed by atoms with Gasteiger partial charge in [-0.15, -0.1) is 0 Å². The number of nitrogens with zero attached hydrogens (tertiary/aromatic N) is 2. The van der Waals surface area contributed by atoms with Crippen LogP contribution in [0, 0.1) is 5.92 Å². The molecule has 0 spiro atoms. The molecule has 4 heteroatoms. The highest BCUT2D eigenvalue weighted by molar-refractivity contribution is 5.83. The van der Waals surface area contributed by atoms with E-state index < -0.39 is 0 Å². The zero-order valence-corrected chi connectivity index (χ0v) is 16.0. The van der Waals surface area contributed by atoms with Gasteiger partial charge in [-0.2, -0.15) is 5.01 Å². The molecule has 138 valence electrons. The lowest BCUT2D eigenvalue weighted by atomic mass is 9.92. The van der Waals surface area contributed by atoms with E-state index in [2.05, 4.69) is 49.2 Å². The van der Waals surface area contributed by atoms with Crippen LogP contribution in [0.1, 0.15) is 43.0 Å². The molecule has 2 aromatic carbocycles. The first-order valence-corrected chi connectivity index (χ1v) is 9.56. The van der Waals surface area contributed by atoms with E-state index in [-0.39, 0.29) is 23.4 Å². The molecule has 0 aromatic heterocycles. The van der Waals surface area contributed by atoms with Gasteiger partial charge in [0.15, 0.2) is 0 Å². The van der Waals surface area contributed by atoms with E-state index in [1.807, 2.05) is 29.3 Å². The summed E-state index contributed by atoms with van der Waals surface area (Å²) < 4.78 is 5.64. The maximum absolute atomic E-state index is 13.0. The highest BCUT2D eigenvalue weighted by Gasteiger charge is 2.59. The van der Waals surface area contributed by atoms with Crippen LogP contribution in [0.25, 0.3) is 6.08 Å². The largest absolute Gasteiger partial charge is 0.496 e. The molecule has 2 fully saturated rings. The molecule has 0 saturated carbocycles. The normalized spacial score (nSPS) is 27.0. The first kappa shape index (κ1) is 16.6. The Hall–Kier alpha value is -2.59. The zero-order chi connectivity index (χ0) is 18.8. The van der Waals surface area contributed by atoms with Gasteiger partial charge in [0.1, 0.15) is 5.75 Å². The summed E-state index contributed by atoms with van der Waals surface area (Å²) in [7, 11) is 1.74. The fourth-order valence-electron chi connectivity index (χ4n) is 5.12. The molecule has 0 N–H and O–H groups in total. The topological polar surface area (TPSA) is 32.8 Å². The Labute approximate surface area is 160 Å². The summed E-state index contributed by atoms with van der Waals surface area (Å²) in [6, 6.07) is 16.8. The molecule has 5 rings (SSSR count). The van der Waals surface area contributed by atoms with Crippen molar-refractivity contribution in [1.82, 2.24) is 10.0 Å². The molecule has 2 aromatic rings. The highest BCUT2D eigenvalue weighted by Crippen LogP contribution is 2.58. The van der Waals surface area contributed by atoms with Crippen LogP contribution in [0.4, 0.5) is 0 Å². The van der Waals surface area contributed by atoms with Gasteiger partial charge in [0.25, 0.3) is 0 Å². The minimum atomic E-state index is -0.197. The standard InChI is InChI=1S/C23H24N2O2/c1-23(2)14-21(26)24-19(12-15-8-5-4-6-9-15)18-13-17-16(22(18)25(23)24)10-7-11-20(17)27-3/h4-12,18,22H,13-14H2,1-3H3/b19-12+. The van der Waals surface area contributed by atoms with Crippen LogP contribution in [-0.2, 0) is 11.2 Å². The van der Waals surface area contributed by atoms with E-state index in [1.54, 1.807) is 7.11 Å². The molecule has 0 bridgehead atoms. The van der Waals surface area contributed by atoms with E-state index in [9.17, 15) is 4.79 Å². The number of hydrazine groups is 1. The predicted molar refractivity (Wildman–Crippen MR) is 105 cm³/mol. The number of ether oxygens (including phenoxy) is 1. The number of benzene rings is 2. The van der Waals surface area contributed by atoms with Crippen molar-refractivity contribution in [3.05, 3.63) is 70.9 Å². The summed E-state index contributed by atoms with van der Waals surface area (Å²) in [6.45, 7) is 4.34. The van der Waals surface area contributed by atoms with Gasteiger partial charge in [-0.1, -0.05) is 42.5 Å². The molecule has 27 heavy (non-hydrogen) atoms. The SMILES string of the molecule is COc1cccc2c1CC1/C(=C\c3ccccc3)N3C(=O)CC(C)(C)N3C21. The molecular weight excluding hydrogens is 336 g/mol. The van der Waals surface area contributed by atoms with Gasteiger partial charge in [0, 0.05) is 23.6 Å². The van der Waals surface area contributed by atoms with E-state index in [4.69, 9.17) is 4.74 Å². The summed E-state index contributed by atoms with van der Waals surface area (Å²) in [5, 5.41) is 4.28. The summed E-state index contributed by atoms with van der Waals surface area (Å²) in [4.78, 5) is 13.0. The molecule has 2 saturated heterocycles. The van der Waals surface area contributed by atoms with Gasteiger partial charge in [-0.25, -0.2) is 5.01 Å². The van der Waals surface area contributed by atoms with Crippen molar-refractivity contribution in [3.63, 3.8) is 0 Å². The average molecular weight is 360 g/mol. The van der Waals surface area contributed by atoms with Gasteiger partial charge >= 0.3 is 0 Å². The summed E-state index contributed by atoms with van der Waals surface area (Å²) in [5.41, 5.74) is 4.62. The van der Waals surface area contributed by atoms with Crippen molar-refractivity contribution in [1.29, 1.82) is 0 Å². The van der Waals surface area contributed by atoms with Gasteiger partial charge in [-0.3, -0.25) is 4.79 Å². The molecular formula is C23H24N2O2. The Balaban J connectivity index is 1.69. The Morgan fingerprint density at radius 1 is 1.11 bits per heavy atom. The quantitative estimate of drug-likeness (QED) is 0.805. The lowest BCUT2D eigenvalue weighted by Gasteiger charge is -2.35. The fourth-order valence-corrected chi connectivity index (χ4v) is 5.12. The number of carbonyl (C=O) groups excluding carboxylic acids is 1. The second kappa shape index (κ2) is 5.70. The molecule has 1 amide bonds. The summed E-state index contributed by atoms with van der Waals surface area (Å²) in [5.74, 6) is 1.41.